The second kappa shape index (κ2) is 5.57. The fraction of sp³-hybridized carbons (Fsp3) is 0.667. The molecule has 0 unspecified atom stereocenters. The van der Waals surface area contributed by atoms with Gasteiger partial charge in [-0.2, -0.15) is 0 Å². The SMILES string of the molecule is CO[C@H]1CN(Cc2cccnc2)CC[C@@]12CCCO2. The van der Waals surface area contributed by atoms with Crippen molar-refractivity contribution in [1.82, 2.24) is 9.88 Å². The molecule has 0 bridgehead atoms. The van der Waals surface area contributed by atoms with E-state index in [1.54, 1.807) is 0 Å². The average molecular weight is 262 g/mol. The number of nitrogens with zero attached hydrogens (tertiary/aromatic N) is 2. The van der Waals surface area contributed by atoms with E-state index in [9.17, 15) is 0 Å². The number of ether oxygens (including phenoxy) is 2. The quantitative estimate of drug-likeness (QED) is 0.832. The third kappa shape index (κ3) is 2.66. The highest BCUT2D eigenvalue weighted by atomic mass is 16.5. The number of methoxy groups -OCH3 is 1. The first-order valence-corrected chi connectivity index (χ1v) is 7.10. The van der Waals surface area contributed by atoms with Gasteiger partial charge in [-0.1, -0.05) is 6.07 Å². The lowest BCUT2D eigenvalue weighted by Gasteiger charge is -2.44. The standard InChI is InChI=1S/C15H22N2O2/c1-18-14-12-17(11-13-4-2-7-16-10-13)8-6-15(14)5-3-9-19-15/h2,4,7,10,14H,3,5-6,8-9,11-12H2,1H3/t14-,15-/m0/s1. The molecule has 2 aliphatic rings. The maximum Gasteiger partial charge on any atom is 0.0987 e. The molecular formula is C15H22N2O2. The van der Waals surface area contributed by atoms with Crippen molar-refractivity contribution < 1.29 is 9.47 Å². The van der Waals surface area contributed by atoms with Crippen molar-refractivity contribution in [3.05, 3.63) is 30.1 Å². The Morgan fingerprint density at radius 2 is 2.47 bits per heavy atom. The summed E-state index contributed by atoms with van der Waals surface area (Å²) >= 11 is 0. The van der Waals surface area contributed by atoms with Crippen LogP contribution in [0.15, 0.2) is 24.5 Å². The Balaban J connectivity index is 1.65. The second-order valence-corrected chi connectivity index (χ2v) is 5.59. The van der Waals surface area contributed by atoms with Crippen LogP contribution >= 0.6 is 0 Å². The first kappa shape index (κ1) is 13.0. The molecule has 4 nitrogen and oxygen atoms in total. The summed E-state index contributed by atoms with van der Waals surface area (Å²) in [5.41, 5.74) is 1.25. The smallest absolute Gasteiger partial charge is 0.0987 e. The molecule has 104 valence electrons. The summed E-state index contributed by atoms with van der Waals surface area (Å²) in [6.45, 7) is 3.87. The van der Waals surface area contributed by atoms with Crippen LogP contribution in [0.1, 0.15) is 24.8 Å². The van der Waals surface area contributed by atoms with Crippen molar-refractivity contribution in [2.24, 2.45) is 0 Å². The van der Waals surface area contributed by atoms with Crippen LogP contribution < -0.4 is 0 Å². The van der Waals surface area contributed by atoms with E-state index in [0.29, 0.717) is 0 Å². The van der Waals surface area contributed by atoms with E-state index in [-0.39, 0.29) is 11.7 Å². The largest absolute Gasteiger partial charge is 0.377 e. The van der Waals surface area contributed by atoms with E-state index in [2.05, 4.69) is 16.0 Å². The highest BCUT2D eigenvalue weighted by Gasteiger charge is 2.46. The van der Waals surface area contributed by atoms with Gasteiger partial charge in [0, 0.05) is 45.7 Å². The number of pyridine rings is 1. The van der Waals surface area contributed by atoms with Gasteiger partial charge in [0.2, 0.25) is 0 Å². The predicted molar refractivity (Wildman–Crippen MR) is 72.8 cm³/mol. The lowest BCUT2D eigenvalue weighted by molar-refractivity contribution is -0.143. The second-order valence-electron chi connectivity index (χ2n) is 5.59. The van der Waals surface area contributed by atoms with Crippen LogP contribution in [-0.2, 0) is 16.0 Å². The van der Waals surface area contributed by atoms with E-state index >= 15 is 0 Å². The van der Waals surface area contributed by atoms with Crippen LogP contribution in [-0.4, -0.2) is 48.4 Å². The first-order chi connectivity index (χ1) is 9.32. The van der Waals surface area contributed by atoms with Crippen molar-refractivity contribution in [3.8, 4) is 0 Å². The zero-order valence-corrected chi connectivity index (χ0v) is 11.5. The fourth-order valence-electron chi connectivity index (χ4n) is 3.35. The number of aromatic nitrogens is 1. The van der Waals surface area contributed by atoms with Crippen molar-refractivity contribution in [2.45, 2.75) is 37.5 Å². The summed E-state index contributed by atoms with van der Waals surface area (Å²) < 4.78 is 11.7. The third-order valence-corrected chi connectivity index (χ3v) is 4.41. The number of hydrogen-bond donors (Lipinski definition) is 0. The van der Waals surface area contributed by atoms with Gasteiger partial charge in [0.05, 0.1) is 11.7 Å². The van der Waals surface area contributed by atoms with Crippen LogP contribution in [0.25, 0.3) is 0 Å². The fourth-order valence-corrected chi connectivity index (χ4v) is 3.35. The van der Waals surface area contributed by atoms with E-state index in [1.807, 2.05) is 25.6 Å². The summed E-state index contributed by atoms with van der Waals surface area (Å²) in [4.78, 5) is 6.62. The average Bonchev–Trinajstić information content (AvgIpc) is 2.92. The number of likely N-dealkylation sites (tertiary alicyclic amines) is 1. The van der Waals surface area contributed by atoms with Crippen molar-refractivity contribution >= 4 is 0 Å². The molecule has 0 N–H and O–H groups in total. The minimum atomic E-state index is -0.0137. The monoisotopic (exact) mass is 262 g/mol. The van der Waals surface area contributed by atoms with E-state index in [1.165, 1.54) is 12.0 Å². The molecule has 1 spiro atoms. The lowest BCUT2D eigenvalue weighted by Crippen LogP contribution is -2.55. The van der Waals surface area contributed by atoms with E-state index in [0.717, 1.165) is 39.1 Å². The molecule has 2 atom stereocenters. The van der Waals surface area contributed by atoms with Crippen LogP contribution in [0.2, 0.25) is 0 Å². The molecule has 2 aliphatic heterocycles. The third-order valence-electron chi connectivity index (χ3n) is 4.41. The van der Waals surface area contributed by atoms with Gasteiger partial charge >= 0.3 is 0 Å². The summed E-state index contributed by atoms with van der Waals surface area (Å²) in [5, 5.41) is 0. The van der Waals surface area contributed by atoms with Crippen LogP contribution in [0.5, 0.6) is 0 Å². The van der Waals surface area contributed by atoms with Gasteiger partial charge in [-0.25, -0.2) is 0 Å². The molecule has 19 heavy (non-hydrogen) atoms. The van der Waals surface area contributed by atoms with Crippen molar-refractivity contribution in [2.75, 3.05) is 26.8 Å². The Hall–Kier alpha value is -0.970. The number of rotatable bonds is 3. The molecule has 2 fully saturated rings. The van der Waals surface area contributed by atoms with E-state index < -0.39 is 0 Å². The number of piperidine rings is 1. The molecule has 4 heteroatoms. The molecule has 3 heterocycles. The van der Waals surface area contributed by atoms with Gasteiger partial charge in [0.25, 0.3) is 0 Å². The first-order valence-electron chi connectivity index (χ1n) is 7.10. The predicted octanol–water partition coefficient (Wildman–Crippen LogP) is 1.85. The molecule has 0 aromatic carbocycles. The van der Waals surface area contributed by atoms with Gasteiger partial charge in [0.15, 0.2) is 0 Å². The normalized spacial score (nSPS) is 31.9. The van der Waals surface area contributed by atoms with E-state index in [4.69, 9.17) is 9.47 Å². The topological polar surface area (TPSA) is 34.6 Å². The van der Waals surface area contributed by atoms with Gasteiger partial charge in [-0.05, 0) is 30.9 Å². The minimum Gasteiger partial charge on any atom is -0.377 e. The zero-order valence-electron chi connectivity index (χ0n) is 11.5. The Bertz CT molecular complexity index is 404. The molecule has 3 rings (SSSR count). The van der Waals surface area contributed by atoms with Crippen molar-refractivity contribution in [3.63, 3.8) is 0 Å². The Labute approximate surface area is 114 Å². The molecule has 0 saturated carbocycles. The molecule has 2 saturated heterocycles. The highest BCUT2D eigenvalue weighted by Crippen LogP contribution is 2.37. The Morgan fingerprint density at radius 3 is 3.16 bits per heavy atom. The summed E-state index contributed by atoms with van der Waals surface area (Å²) in [6.07, 6.45) is 7.35. The molecular weight excluding hydrogens is 240 g/mol. The number of hydrogen-bond acceptors (Lipinski definition) is 4. The van der Waals surface area contributed by atoms with Gasteiger partial charge in [-0.15, -0.1) is 0 Å². The Kier molecular flexibility index (Phi) is 3.82. The highest BCUT2D eigenvalue weighted by molar-refractivity contribution is 5.09. The molecule has 1 aromatic heterocycles. The minimum absolute atomic E-state index is 0.0137. The Morgan fingerprint density at radius 1 is 1.53 bits per heavy atom. The van der Waals surface area contributed by atoms with Crippen LogP contribution in [0.3, 0.4) is 0 Å². The lowest BCUT2D eigenvalue weighted by atomic mass is 9.85. The maximum absolute atomic E-state index is 6.02. The van der Waals surface area contributed by atoms with Crippen molar-refractivity contribution in [1.29, 1.82) is 0 Å². The molecule has 0 amide bonds. The molecule has 0 aliphatic carbocycles. The summed E-state index contributed by atoms with van der Waals surface area (Å²) in [6, 6.07) is 4.12. The molecule has 0 radical (unpaired) electrons. The van der Waals surface area contributed by atoms with Crippen LogP contribution in [0.4, 0.5) is 0 Å². The van der Waals surface area contributed by atoms with Crippen LogP contribution in [0, 0.1) is 0 Å². The van der Waals surface area contributed by atoms with Gasteiger partial charge in [0.1, 0.15) is 0 Å². The zero-order chi connectivity index (χ0) is 13.1. The summed E-state index contributed by atoms with van der Waals surface area (Å²) in [7, 11) is 1.81. The van der Waals surface area contributed by atoms with Gasteiger partial charge < -0.3 is 9.47 Å². The maximum atomic E-state index is 6.02. The molecule has 1 aromatic rings. The summed E-state index contributed by atoms with van der Waals surface area (Å²) in [5.74, 6) is 0. The van der Waals surface area contributed by atoms with Gasteiger partial charge in [-0.3, -0.25) is 9.88 Å².